The molecule has 0 aliphatic heterocycles. The first kappa shape index (κ1) is 18.9. The van der Waals surface area contributed by atoms with E-state index in [-0.39, 0.29) is 18.0 Å². The molecule has 0 aliphatic rings. The Morgan fingerprint density at radius 3 is 2.62 bits per heavy atom. The number of ether oxygens (including phenoxy) is 2. The first-order valence-electron chi connectivity index (χ1n) is 7.80. The summed E-state index contributed by atoms with van der Waals surface area (Å²) in [5.74, 6) is -0.890. The highest BCUT2D eigenvalue weighted by atomic mass is 16.6. The first-order valence-corrected chi connectivity index (χ1v) is 7.80. The van der Waals surface area contributed by atoms with Crippen LogP contribution in [0.15, 0.2) is 48.5 Å². The minimum Gasteiger partial charge on any atom is -0.482 e. The molecule has 1 amide bonds. The summed E-state index contributed by atoms with van der Waals surface area (Å²) in [6.45, 7) is 2.90. The van der Waals surface area contributed by atoms with Crippen LogP contribution in [0, 0.1) is 17.0 Å². The Balaban J connectivity index is 1.88. The number of hydrogen-bond donors (Lipinski definition) is 1. The number of hydrogen-bond acceptors (Lipinski definition) is 6. The highest BCUT2D eigenvalue weighted by molar-refractivity contribution is 5.96. The minimum absolute atomic E-state index is 0.0291. The van der Waals surface area contributed by atoms with Crippen LogP contribution in [0.25, 0.3) is 0 Å². The predicted octanol–water partition coefficient (Wildman–Crippen LogP) is 2.85. The van der Waals surface area contributed by atoms with Crippen LogP contribution in [-0.2, 0) is 14.3 Å². The number of aryl methyl sites for hydroxylation is 1. The van der Waals surface area contributed by atoms with E-state index >= 15 is 0 Å². The number of anilines is 1. The zero-order valence-corrected chi connectivity index (χ0v) is 14.3. The normalized spacial score (nSPS) is 11.3. The molecule has 8 heteroatoms. The number of carbonyl (C=O) groups excluding carboxylic acids is 2. The Morgan fingerprint density at radius 1 is 1.19 bits per heavy atom. The van der Waals surface area contributed by atoms with E-state index in [4.69, 9.17) is 9.47 Å². The van der Waals surface area contributed by atoms with Crippen molar-refractivity contribution >= 4 is 23.3 Å². The summed E-state index contributed by atoms with van der Waals surface area (Å²) >= 11 is 0. The van der Waals surface area contributed by atoms with Gasteiger partial charge in [-0.05, 0) is 37.6 Å². The molecule has 0 spiro atoms. The van der Waals surface area contributed by atoms with Gasteiger partial charge >= 0.3 is 5.97 Å². The van der Waals surface area contributed by atoms with Crippen molar-refractivity contribution in [2.24, 2.45) is 0 Å². The van der Waals surface area contributed by atoms with Gasteiger partial charge in [0.2, 0.25) is 0 Å². The van der Waals surface area contributed by atoms with Crippen molar-refractivity contribution in [1.82, 2.24) is 0 Å². The van der Waals surface area contributed by atoms with E-state index in [2.05, 4.69) is 5.32 Å². The monoisotopic (exact) mass is 358 g/mol. The molecule has 26 heavy (non-hydrogen) atoms. The van der Waals surface area contributed by atoms with Gasteiger partial charge in [0.25, 0.3) is 11.6 Å². The third kappa shape index (κ3) is 5.30. The summed E-state index contributed by atoms with van der Waals surface area (Å²) in [4.78, 5) is 34.2. The van der Waals surface area contributed by atoms with Gasteiger partial charge in [-0.25, -0.2) is 4.79 Å². The van der Waals surface area contributed by atoms with E-state index < -0.39 is 22.9 Å². The Bertz CT molecular complexity index is 821. The van der Waals surface area contributed by atoms with Crippen molar-refractivity contribution in [3.63, 3.8) is 0 Å². The summed E-state index contributed by atoms with van der Waals surface area (Å²) in [6.07, 6.45) is -1.14. The SMILES string of the molecule is Cc1cccc(OCC(=O)O[C@@H](C)C(=O)Nc2ccccc2[N+](=O)[O-])c1. The number of nitrogens with zero attached hydrogens (tertiary/aromatic N) is 1. The molecule has 0 saturated carbocycles. The maximum Gasteiger partial charge on any atom is 0.344 e. The molecule has 2 aromatic carbocycles. The van der Waals surface area contributed by atoms with E-state index in [1.165, 1.54) is 25.1 Å². The summed E-state index contributed by atoms with van der Waals surface area (Å²) < 4.78 is 10.3. The van der Waals surface area contributed by atoms with Gasteiger partial charge in [-0.3, -0.25) is 14.9 Å². The van der Waals surface area contributed by atoms with E-state index in [0.717, 1.165) is 5.56 Å². The van der Waals surface area contributed by atoms with Crippen molar-refractivity contribution in [3.8, 4) is 5.75 Å². The van der Waals surface area contributed by atoms with Crippen LogP contribution < -0.4 is 10.1 Å². The maximum absolute atomic E-state index is 12.1. The number of nitro benzene ring substituents is 1. The highest BCUT2D eigenvalue weighted by Crippen LogP contribution is 2.23. The van der Waals surface area contributed by atoms with E-state index in [9.17, 15) is 19.7 Å². The first-order chi connectivity index (χ1) is 12.4. The van der Waals surface area contributed by atoms with Crippen LogP contribution >= 0.6 is 0 Å². The average molecular weight is 358 g/mol. The number of amides is 1. The smallest absolute Gasteiger partial charge is 0.344 e. The minimum atomic E-state index is -1.14. The molecule has 136 valence electrons. The topological polar surface area (TPSA) is 108 Å². The molecule has 1 N–H and O–H groups in total. The van der Waals surface area contributed by atoms with Crippen LogP contribution in [0.3, 0.4) is 0 Å². The molecule has 8 nitrogen and oxygen atoms in total. The number of nitro groups is 1. The van der Waals surface area contributed by atoms with Crippen LogP contribution in [0.2, 0.25) is 0 Å². The van der Waals surface area contributed by atoms with Crippen LogP contribution in [0.1, 0.15) is 12.5 Å². The fourth-order valence-electron chi connectivity index (χ4n) is 2.11. The number of para-hydroxylation sites is 2. The Kier molecular flexibility index (Phi) is 6.26. The number of benzene rings is 2. The van der Waals surface area contributed by atoms with Crippen LogP contribution in [0.5, 0.6) is 5.75 Å². The number of rotatable bonds is 7. The maximum atomic E-state index is 12.1. The molecule has 0 unspecified atom stereocenters. The summed E-state index contributed by atoms with van der Waals surface area (Å²) in [7, 11) is 0. The number of nitrogens with one attached hydrogen (secondary N) is 1. The molecule has 0 heterocycles. The Hall–Kier alpha value is -3.42. The molecule has 0 bridgehead atoms. The van der Waals surface area contributed by atoms with E-state index in [1.807, 2.05) is 13.0 Å². The molecule has 0 aromatic heterocycles. The van der Waals surface area contributed by atoms with Gasteiger partial charge in [0.15, 0.2) is 12.7 Å². The molecule has 2 rings (SSSR count). The fraction of sp³-hybridized carbons (Fsp3) is 0.222. The van der Waals surface area contributed by atoms with Gasteiger partial charge in [0.1, 0.15) is 11.4 Å². The number of carbonyl (C=O) groups is 2. The highest BCUT2D eigenvalue weighted by Gasteiger charge is 2.21. The molecular formula is C18H18N2O6. The molecule has 0 saturated heterocycles. The van der Waals surface area contributed by atoms with Crippen molar-refractivity contribution in [1.29, 1.82) is 0 Å². The lowest BCUT2D eigenvalue weighted by molar-refractivity contribution is -0.383. The second-order valence-corrected chi connectivity index (χ2v) is 5.50. The molecule has 0 fully saturated rings. The fourth-order valence-corrected chi connectivity index (χ4v) is 2.11. The third-order valence-electron chi connectivity index (χ3n) is 3.38. The molecular weight excluding hydrogens is 340 g/mol. The zero-order chi connectivity index (χ0) is 19.1. The lowest BCUT2D eigenvalue weighted by Gasteiger charge is -2.14. The van der Waals surface area contributed by atoms with Crippen molar-refractivity contribution < 1.29 is 24.0 Å². The quantitative estimate of drug-likeness (QED) is 0.463. The van der Waals surface area contributed by atoms with Crippen molar-refractivity contribution in [3.05, 3.63) is 64.2 Å². The van der Waals surface area contributed by atoms with Crippen molar-refractivity contribution in [2.75, 3.05) is 11.9 Å². The Labute approximate surface area is 149 Å². The molecule has 0 radical (unpaired) electrons. The lowest BCUT2D eigenvalue weighted by Crippen LogP contribution is -2.31. The second-order valence-electron chi connectivity index (χ2n) is 5.50. The van der Waals surface area contributed by atoms with Gasteiger partial charge in [-0.2, -0.15) is 0 Å². The molecule has 0 aliphatic carbocycles. The second kappa shape index (κ2) is 8.61. The number of esters is 1. The molecule has 2 aromatic rings. The predicted molar refractivity (Wildman–Crippen MR) is 94.0 cm³/mol. The summed E-state index contributed by atoms with van der Waals surface area (Å²) in [5.41, 5.74) is 0.761. The summed E-state index contributed by atoms with van der Waals surface area (Å²) in [6, 6.07) is 12.8. The molecule has 1 atom stereocenters. The summed E-state index contributed by atoms with van der Waals surface area (Å²) in [5, 5.41) is 13.3. The van der Waals surface area contributed by atoms with Gasteiger partial charge in [0.05, 0.1) is 4.92 Å². The van der Waals surface area contributed by atoms with Crippen LogP contribution in [-0.4, -0.2) is 29.5 Å². The third-order valence-corrected chi connectivity index (χ3v) is 3.38. The van der Waals surface area contributed by atoms with Gasteiger partial charge in [-0.1, -0.05) is 24.3 Å². The zero-order valence-electron chi connectivity index (χ0n) is 14.3. The van der Waals surface area contributed by atoms with Crippen molar-refractivity contribution in [2.45, 2.75) is 20.0 Å². The van der Waals surface area contributed by atoms with Gasteiger partial charge in [-0.15, -0.1) is 0 Å². The average Bonchev–Trinajstić information content (AvgIpc) is 2.60. The standard InChI is InChI=1S/C18H18N2O6/c1-12-6-5-7-14(10-12)25-11-17(21)26-13(2)18(22)19-15-8-3-4-9-16(15)20(23)24/h3-10,13H,11H2,1-2H3,(H,19,22)/t13-/m0/s1. The van der Waals surface area contributed by atoms with Crippen LogP contribution in [0.4, 0.5) is 11.4 Å². The van der Waals surface area contributed by atoms with Gasteiger partial charge < -0.3 is 14.8 Å². The van der Waals surface area contributed by atoms with E-state index in [0.29, 0.717) is 5.75 Å². The Morgan fingerprint density at radius 2 is 1.92 bits per heavy atom. The van der Waals surface area contributed by atoms with Gasteiger partial charge in [0, 0.05) is 6.07 Å². The largest absolute Gasteiger partial charge is 0.482 e. The lowest BCUT2D eigenvalue weighted by atomic mass is 10.2. The van der Waals surface area contributed by atoms with E-state index in [1.54, 1.807) is 24.3 Å².